The number of piperidine rings is 1. The number of carboxylic acids is 1. The molecule has 0 saturated carbocycles. The Morgan fingerprint density at radius 2 is 1.72 bits per heavy atom. The summed E-state index contributed by atoms with van der Waals surface area (Å²) in [6.07, 6.45) is 3.47. The number of thiazole rings is 1. The summed E-state index contributed by atoms with van der Waals surface area (Å²) < 4.78 is 13.4. The molecule has 3 aromatic carbocycles. The molecule has 5 nitrogen and oxygen atoms in total. The van der Waals surface area contributed by atoms with Crippen LogP contribution < -0.4 is 4.90 Å². The average Bonchev–Trinajstić information content (AvgIpc) is 3.57. The van der Waals surface area contributed by atoms with Crippen LogP contribution in [0, 0.1) is 11.7 Å². The van der Waals surface area contributed by atoms with Gasteiger partial charge in [-0.15, -0.1) is 0 Å². The van der Waals surface area contributed by atoms with Crippen LogP contribution in [0.25, 0.3) is 43.7 Å². The van der Waals surface area contributed by atoms with Crippen molar-refractivity contribution in [3.05, 3.63) is 84.8 Å². The van der Waals surface area contributed by atoms with Crippen molar-refractivity contribution in [1.29, 1.82) is 0 Å². The predicted octanol–water partition coefficient (Wildman–Crippen LogP) is 7.07. The first-order valence-electron chi connectivity index (χ1n) is 12.0. The third-order valence-corrected chi connectivity index (χ3v) is 7.98. The number of fused-ring (bicyclic) bond motifs is 1. The van der Waals surface area contributed by atoms with E-state index in [0.29, 0.717) is 13.0 Å². The monoisotopic (exact) mass is 497 g/mol. The number of carbonyl (C=O) groups is 1. The number of rotatable bonds is 5. The van der Waals surface area contributed by atoms with Crippen LogP contribution in [0.2, 0.25) is 0 Å². The van der Waals surface area contributed by atoms with Crippen molar-refractivity contribution in [1.82, 2.24) is 9.97 Å². The van der Waals surface area contributed by atoms with Gasteiger partial charge in [-0.25, -0.2) is 9.37 Å². The fourth-order valence-electron chi connectivity index (χ4n) is 4.92. The van der Waals surface area contributed by atoms with Gasteiger partial charge < -0.3 is 15.0 Å². The molecule has 1 saturated heterocycles. The van der Waals surface area contributed by atoms with Gasteiger partial charge >= 0.3 is 5.97 Å². The third kappa shape index (κ3) is 4.16. The Hall–Kier alpha value is -3.97. The second kappa shape index (κ2) is 9.24. The second-order valence-electron chi connectivity index (χ2n) is 9.13. The van der Waals surface area contributed by atoms with Crippen LogP contribution in [0.1, 0.15) is 12.8 Å². The number of hydrogen-bond donors (Lipinski definition) is 2. The Bertz CT molecular complexity index is 1540. The number of hydrogen-bond acceptors (Lipinski definition) is 4. The number of carboxylic acid groups (broad SMARTS) is 1. The van der Waals surface area contributed by atoms with Gasteiger partial charge in [0.05, 0.1) is 16.5 Å². The van der Waals surface area contributed by atoms with Crippen LogP contribution in [0.3, 0.4) is 0 Å². The van der Waals surface area contributed by atoms with Gasteiger partial charge in [-0.1, -0.05) is 59.9 Å². The molecule has 6 rings (SSSR count). The molecule has 1 unspecified atom stereocenters. The van der Waals surface area contributed by atoms with Gasteiger partial charge in [-0.2, -0.15) is 0 Å². The highest BCUT2D eigenvalue weighted by Gasteiger charge is 2.28. The molecule has 1 fully saturated rings. The number of aromatic amines is 1. The smallest absolute Gasteiger partial charge is 0.308 e. The SMILES string of the molecule is O=C(O)C1CCCN(c2nc(-c3ccc(-c4ccc(F)cc4)cc3)c(-c3cccc4[nH]ccc34)s2)C1. The van der Waals surface area contributed by atoms with Gasteiger partial charge in [0.2, 0.25) is 0 Å². The van der Waals surface area contributed by atoms with Crippen molar-refractivity contribution in [2.24, 2.45) is 5.92 Å². The molecule has 180 valence electrons. The van der Waals surface area contributed by atoms with Crippen LogP contribution in [0.5, 0.6) is 0 Å². The number of H-pyrrole nitrogens is 1. The lowest BCUT2D eigenvalue weighted by molar-refractivity contribution is -0.141. The Balaban J connectivity index is 1.44. The van der Waals surface area contributed by atoms with Crippen LogP contribution in [-0.2, 0) is 4.79 Å². The number of nitrogens with zero attached hydrogens (tertiary/aromatic N) is 2. The van der Waals surface area contributed by atoms with Gasteiger partial charge in [0, 0.05) is 41.3 Å². The summed E-state index contributed by atoms with van der Waals surface area (Å²) >= 11 is 1.61. The minimum atomic E-state index is -0.745. The predicted molar refractivity (Wildman–Crippen MR) is 143 cm³/mol. The highest BCUT2D eigenvalue weighted by Crippen LogP contribution is 2.43. The molecule has 1 atom stereocenters. The lowest BCUT2D eigenvalue weighted by Crippen LogP contribution is -2.38. The maximum Gasteiger partial charge on any atom is 0.308 e. The normalized spacial score (nSPS) is 15.9. The first kappa shape index (κ1) is 22.5. The maximum absolute atomic E-state index is 13.4. The van der Waals surface area contributed by atoms with E-state index in [2.05, 4.69) is 40.2 Å². The van der Waals surface area contributed by atoms with E-state index in [-0.39, 0.29) is 11.7 Å². The van der Waals surface area contributed by atoms with Crippen molar-refractivity contribution in [3.63, 3.8) is 0 Å². The molecular formula is C29H24FN3O2S. The van der Waals surface area contributed by atoms with Crippen LogP contribution in [0.4, 0.5) is 9.52 Å². The molecule has 1 aliphatic rings. The minimum Gasteiger partial charge on any atom is -0.481 e. The maximum atomic E-state index is 13.4. The van der Waals surface area contributed by atoms with E-state index >= 15 is 0 Å². The van der Waals surface area contributed by atoms with E-state index in [9.17, 15) is 14.3 Å². The zero-order valence-electron chi connectivity index (χ0n) is 19.4. The molecule has 2 N–H and O–H groups in total. The fourth-order valence-corrected chi connectivity index (χ4v) is 6.08. The molecule has 3 heterocycles. The fraction of sp³-hybridized carbons (Fsp3) is 0.172. The largest absolute Gasteiger partial charge is 0.481 e. The number of halogens is 1. The number of anilines is 1. The van der Waals surface area contributed by atoms with Gasteiger partial charge in [-0.3, -0.25) is 4.79 Å². The molecule has 0 aliphatic carbocycles. The lowest BCUT2D eigenvalue weighted by Gasteiger charge is -2.30. The number of aliphatic carboxylic acids is 1. The molecule has 5 aromatic rings. The summed E-state index contributed by atoms with van der Waals surface area (Å²) in [5.74, 6) is -1.38. The molecule has 1 aliphatic heterocycles. The van der Waals surface area contributed by atoms with Gasteiger partial charge in [-0.05, 0) is 48.2 Å². The summed E-state index contributed by atoms with van der Waals surface area (Å²) in [7, 11) is 0. The highest BCUT2D eigenvalue weighted by atomic mass is 32.1. The van der Waals surface area contributed by atoms with Crippen molar-refractivity contribution in [2.75, 3.05) is 18.0 Å². The van der Waals surface area contributed by atoms with E-state index in [0.717, 1.165) is 61.8 Å². The van der Waals surface area contributed by atoms with Crippen LogP contribution in [-0.4, -0.2) is 34.1 Å². The Morgan fingerprint density at radius 1 is 1.00 bits per heavy atom. The Kier molecular flexibility index (Phi) is 5.77. The third-order valence-electron chi connectivity index (χ3n) is 6.83. The standard InChI is InChI=1S/C29H24FN3O2S/c30-22-12-10-19(11-13-22)18-6-8-20(9-7-18)26-27(24-4-1-5-25-23(24)14-15-31-25)36-29(32-26)33-16-2-3-21(17-33)28(34)35/h1,4-15,21,31H,2-3,16-17H2,(H,34,35). The van der Waals surface area contributed by atoms with Crippen molar-refractivity contribution >= 4 is 33.3 Å². The van der Waals surface area contributed by atoms with E-state index in [1.165, 1.54) is 12.1 Å². The van der Waals surface area contributed by atoms with Crippen LogP contribution >= 0.6 is 11.3 Å². The molecular weight excluding hydrogens is 473 g/mol. The zero-order chi connectivity index (χ0) is 24.6. The van der Waals surface area contributed by atoms with E-state index in [1.54, 1.807) is 23.5 Å². The summed E-state index contributed by atoms with van der Waals surface area (Å²) in [6.45, 7) is 1.27. The molecule has 2 aromatic heterocycles. The summed E-state index contributed by atoms with van der Waals surface area (Å²) in [5.41, 5.74) is 5.98. The van der Waals surface area contributed by atoms with Crippen molar-refractivity contribution in [2.45, 2.75) is 12.8 Å². The number of benzene rings is 3. The highest BCUT2D eigenvalue weighted by molar-refractivity contribution is 7.19. The molecule has 36 heavy (non-hydrogen) atoms. The quantitative estimate of drug-likeness (QED) is 0.273. The van der Waals surface area contributed by atoms with Crippen molar-refractivity contribution < 1.29 is 14.3 Å². The summed E-state index contributed by atoms with van der Waals surface area (Å²) in [5, 5.41) is 11.6. The van der Waals surface area contributed by atoms with E-state index < -0.39 is 5.97 Å². The number of nitrogens with one attached hydrogen (secondary N) is 1. The first-order chi connectivity index (χ1) is 17.6. The molecule has 0 amide bonds. The molecule has 0 spiro atoms. The van der Waals surface area contributed by atoms with Crippen LogP contribution in [0.15, 0.2) is 79.0 Å². The van der Waals surface area contributed by atoms with E-state index in [1.807, 2.05) is 24.4 Å². The van der Waals surface area contributed by atoms with Gasteiger partial charge in [0.1, 0.15) is 5.82 Å². The molecule has 0 radical (unpaired) electrons. The van der Waals surface area contributed by atoms with E-state index in [4.69, 9.17) is 4.98 Å². The summed E-state index contributed by atoms with van der Waals surface area (Å²) in [6, 6.07) is 22.9. The lowest BCUT2D eigenvalue weighted by atomic mass is 9.99. The molecule has 7 heteroatoms. The minimum absolute atomic E-state index is 0.253. The van der Waals surface area contributed by atoms with Crippen molar-refractivity contribution in [3.8, 4) is 32.8 Å². The van der Waals surface area contributed by atoms with Gasteiger partial charge in [0.25, 0.3) is 0 Å². The topological polar surface area (TPSA) is 69.2 Å². The zero-order valence-corrected chi connectivity index (χ0v) is 20.3. The number of aromatic nitrogens is 2. The summed E-state index contributed by atoms with van der Waals surface area (Å²) in [4.78, 5) is 23.2. The average molecular weight is 498 g/mol. The first-order valence-corrected chi connectivity index (χ1v) is 12.8. The Morgan fingerprint density at radius 3 is 2.47 bits per heavy atom. The van der Waals surface area contributed by atoms with Gasteiger partial charge in [0.15, 0.2) is 5.13 Å². The molecule has 0 bridgehead atoms. The second-order valence-corrected chi connectivity index (χ2v) is 10.1. The Labute approximate surface area is 211 Å².